The van der Waals surface area contributed by atoms with Gasteiger partial charge in [-0.15, -0.1) is 0 Å². The molecule has 0 aliphatic carbocycles. The second-order valence-corrected chi connectivity index (χ2v) is 5.34. The summed E-state index contributed by atoms with van der Waals surface area (Å²) in [6.45, 7) is 2.16. The standard InChI is InChI=1S/C15H13N3O3/c1-8-4-10-7-18(12-2-3-13(19)17-14(12)20)15(21)11(10)5-9(8)6-16/h4-5,12H,2-3,7H2,1H3,(H,17,19,20). The Bertz CT molecular complexity index is 718. The van der Waals surface area contributed by atoms with Crippen LogP contribution in [-0.2, 0) is 16.1 Å². The summed E-state index contributed by atoms with van der Waals surface area (Å²) in [4.78, 5) is 37.0. The highest BCUT2D eigenvalue weighted by molar-refractivity contribution is 6.05. The summed E-state index contributed by atoms with van der Waals surface area (Å²) in [6, 6.07) is 4.84. The Kier molecular flexibility index (Phi) is 2.98. The van der Waals surface area contributed by atoms with Crippen LogP contribution >= 0.6 is 0 Å². The van der Waals surface area contributed by atoms with Gasteiger partial charge in [0.15, 0.2) is 0 Å². The van der Waals surface area contributed by atoms with E-state index in [2.05, 4.69) is 11.4 Å². The van der Waals surface area contributed by atoms with Crippen LogP contribution in [0.3, 0.4) is 0 Å². The van der Waals surface area contributed by atoms with Gasteiger partial charge < -0.3 is 4.90 Å². The van der Waals surface area contributed by atoms with Gasteiger partial charge in [0.1, 0.15) is 6.04 Å². The van der Waals surface area contributed by atoms with Gasteiger partial charge >= 0.3 is 0 Å². The molecule has 0 radical (unpaired) electrons. The number of hydrogen-bond donors (Lipinski definition) is 1. The molecule has 106 valence electrons. The molecule has 1 saturated heterocycles. The molecule has 0 aromatic heterocycles. The van der Waals surface area contributed by atoms with Crippen molar-refractivity contribution < 1.29 is 14.4 Å². The van der Waals surface area contributed by atoms with Gasteiger partial charge in [0.2, 0.25) is 11.8 Å². The van der Waals surface area contributed by atoms with E-state index in [1.807, 2.05) is 13.0 Å². The van der Waals surface area contributed by atoms with Gasteiger partial charge in [0.25, 0.3) is 5.91 Å². The van der Waals surface area contributed by atoms with Crippen molar-refractivity contribution in [2.75, 3.05) is 0 Å². The van der Waals surface area contributed by atoms with E-state index in [4.69, 9.17) is 5.26 Å². The molecular weight excluding hydrogens is 270 g/mol. The fraction of sp³-hybridized carbons (Fsp3) is 0.333. The quantitative estimate of drug-likeness (QED) is 0.765. The Morgan fingerprint density at radius 3 is 2.76 bits per heavy atom. The zero-order chi connectivity index (χ0) is 15.1. The predicted octanol–water partition coefficient (Wildman–Crippen LogP) is 0.628. The lowest BCUT2D eigenvalue weighted by molar-refractivity contribution is -0.136. The number of nitrogens with zero attached hydrogens (tertiary/aromatic N) is 2. The van der Waals surface area contributed by atoms with Gasteiger partial charge in [0, 0.05) is 18.5 Å². The number of nitriles is 1. The molecule has 6 nitrogen and oxygen atoms in total. The lowest BCUT2D eigenvalue weighted by Gasteiger charge is -2.29. The van der Waals surface area contributed by atoms with Crippen molar-refractivity contribution in [2.45, 2.75) is 32.4 Å². The van der Waals surface area contributed by atoms with Crippen LogP contribution in [0.15, 0.2) is 12.1 Å². The van der Waals surface area contributed by atoms with E-state index in [-0.39, 0.29) is 18.2 Å². The molecule has 2 heterocycles. The molecule has 1 unspecified atom stereocenters. The third kappa shape index (κ3) is 2.07. The van der Waals surface area contributed by atoms with Crippen molar-refractivity contribution in [3.05, 3.63) is 34.4 Å². The van der Waals surface area contributed by atoms with Crippen molar-refractivity contribution >= 4 is 17.7 Å². The minimum absolute atomic E-state index is 0.235. The topological polar surface area (TPSA) is 90.3 Å². The van der Waals surface area contributed by atoms with Crippen LogP contribution in [0.5, 0.6) is 0 Å². The number of piperidine rings is 1. The van der Waals surface area contributed by atoms with Crippen LogP contribution < -0.4 is 5.32 Å². The van der Waals surface area contributed by atoms with Gasteiger partial charge in [-0.2, -0.15) is 5.26 Å². The highest BCUT2D eigenvalue weighted by Crippen LogP contribution is 2.29. The molecule has 1 atom stereocenters. The zero-order valence-electron chi connectivity index (χ0n) is 11.5. The Balaban J connectivity index is 1.92. The molecule has 0 bridgehead atoms. The number of fused-ring (bicyclic) bond motifs is 1. The Morgan fingerprint density at radius 2 is 2.10 bits per heavy atom. The summed E-state index contributed by atoms with van der Waals surface area (Å²) in [5, 5.41) is 11.3. The normalized spacial score (nSPS) is 21.0. The number of amides is 3. The molecule has 6 heteroatoms. The molecule has 1 aromatic rings. The first-order valence-electron chi connectivity index (χ1n) is 6.69. The van der Waals surface area contributed by atoms with Gasteiger partial charge in [-0.3, -0.25) is 19.7 Å². The fourth-order valence-electron chi connectivity index (χ4n) is 2.86. The third-order valence-electron chi connectivity index (χ3n) is 3.99. The highest BCUT2D eigenvalue weighted by Gasteiger charge is 2.39. The smallest absolute Gasteiger partial charge is 0.255 e. The van der Waals surface area contributed by atoms with Crippen molar-refractivity contribution in [1.82, 2.24) is 10.2 Å². The van der Waals surface area contributed by atoms with Crippen LogP contribution in [0, 0.1) is 18.3 Å². The Morgan fingerprint density at radius 1 is 1.33 bits per heavy atom. The maximum atomic E-state index is 12.5. The van der Waals surface area contributed by atoms with E-state index in [9.17, 15) is 14.4 Å². The number of carbonyl (C=O) groups excluding carboxylic acids is 3. The lowest BCUT2D eigenvalue weighted by atomic mass is 10.0. The molecule has 0 saturated carbocycles. The van der Waals surface area contributed by atoms with Crippen LogP contribution in [0.25, 0.3) is 0 Å². The second-order valence-electron chi connectivity index (χ2n) is 5.34. The molecule has 3 rings (SSSR count). The van der Waals surface area contributed by atoms with Crippen LogP contribution in [-0.4, -0.2) is 28.7 Å². The van der Waals surface area contributed by atoms with Crippen molar-refractivity contribution in [1.29, 1.82) is 5.26 Å². The number of carbonyl (C=O) groups is 3. The van der Waals surface area contributed by atoms with E-state index < -0.39 is 11.9 Å². The number of aryl methyl sites for hydroxylation is 1. The van der Waals surface area contributed by atoms with Gasteiger partial charge in [-0.1, -0.05) is 6.07 Å². The summed E-state index contributed by atoms with van der Waals surface area (Å²) >= 11 is 0. The average Bonchev–Trinajstić information content (AvgIpc) is 2.74. The minimum atomic E-state index is -0.617. The summed E-state index contributed by atoms with van der Waals surface area (Å²) < 4.78 is 0. The van der Waals surface area contributed by atoms with Crippen LogP contribution in [0.2, 0.25) is 0 Å². The molecule has 21 heavy (non-hydrogen) atoms. The molecular formula is C15H13N3O3. The molecule has 2 aliphatic heterocycles. The molecule has 2 aliphatic rings. The van der Waals surface area contributed by atoms with E-state index in [0.717, 1.165) is 11.1 Å². The third-order valence-corrected chi connectivity index (χ3v) is 3.99. The Labute approximate surface area is 121 Å². The number of hydrogen-bond acceptors (Lipinski definition) is 4. The van der Waals surface area contributed by atoms with Crippen molar-refractivity contribution in [2.24, 2.45) is 0 Å². The molecule has 1 N–H and O–H groups in total. The van der Waals surface area contributed by atoms with E-state index >= 15 is 0 Å². The highest BCUT2D eigenvalue weighted by atomic mass is 16.2. The maximum absolute atomic E-state index is 12.5. The first-order chi connectivity index (χ1) is 10.0. The number of rotatable bonds is 1. The van der Waals surface area contributed by atoms with E-state index in [1.165, 1.54) is 4.90 Å². The van der Waals surface area contributed by atoms with Gasteiger partial charge in [0.05, 0.1) is 11.6 Å². The fourth-order valence-corrected chi connectivity index (χ4v) is 2.86. The monoisotopic (exact) mass is 283 g/mol. The first-order valence-corrected chi connectivity index (χ1v) is 6.69. The average molecular weight is 283 g/mol. The minimum Gasteiger partial charge on any atom is -0.322 e. The van der Waals surface area contributed by atoms with Gasteiger partial charge in [-0.25, -0.2) is 0 Å². The number of imide groups is 1. The number of benzene rings is 1. The van der Waals surface area contributed by atoms with E-state index in [1.54, 1.807) is 6.07 Å². The maximum Gasteiger partial charge on any atom is 0.255 e. The molecule has 3 amide bonds. The lowest BCUT2D eigenvalue weighted by Crippen LogP contribution is -2.52. The van der Waals surface area contributed by atoms with Gasteiger partial charge in [-0.05, 0) is 30.5 Å². The first kappa shape index (κ1) is 13.3. The zero-order valence-corrected chi connectivity index (χ0v) is 11.5. The second kappa shape index (κ2) is 4.70. The number of nitrogens with one attached hydrogen (secondary N) is 1. The van der Waals surface area contributed by atoms with Crippen LogP contribution in [0.1, 0.15) is 39.9 Å². The van der Waals surface area contributed by atoms with Crippen molar-refractivity contribution in [3.63, 3.8) is 0 Å². The predicted molar refractivity (Wildman–Crippen MR) is 71.9 cm³/mol. The summed E-state index contributed by atoms with van der Waals surface area (Å²) in [5.41, 5.74) is 2.57. The Hall–Kier alpha value is -2.68. The SMILES string of the molecule is Cc1cc2c(cc1C#N)C(=O)N(C1CCC(=O)NC1=O)C2. The summed E-state index contributed by atoms with van der Waals surface area (Å²) in [7, 11) is 0. The largest absolute Gasteiger partial charge is 0.322 e. The summed E-state index contributed by atoms with van der Waals surface area (Å²) in [5.74, 6) is -0.983. The molecule has 1 fully saturated rings. The molecule has 0 spiro atoms. The van der Waals surface area contributed by atoms with Crippen molar-refractivity contribution in [3.8, 4) is 6.07 Å². The summed E-state index contributed by atoms with van der Waals surface area (Å²) in [6.07, 6.45) is 0.577. The molecule has 1 aromatic carbocycles. The van der Waals surface area contributed by atoms with E-state index in [0.29, 0.717) is 24.1 Å². The van der Waals surface area contributed by atoms with Crippen LogP contribution in [0.4, 0.5) is 0 Å².